The molecule has 0 aromatic heterocycles. The van der Waals surface area contributed by atoms with Crippen LogP contribution in [-0.4, -0.2) is 73.1 Å². The quantitative estimate of drug-likeness (QED) is 0.328. The van der Waals surface area contributed by atoms with Gasteiger partial charge in [0, 0.05) is 46.9 Å². The molecule has 1 aliphatic carbocycles. The second-order valence-electron chi connectivity index (χ2n) is 13.0. The van der Waals surface area contributed by atoms with Gasteiger partial charge in [-0.25, -0.2) is 0 Å². The van der Waals surface area contributed by atoms with E-state index in [1.54, 1.807) is 18.1 Å². The molecule has 3 N–H and O–H groups in total. The van der Waals surface area contributed by atoms with E-state index in [0.29, 0.717) is 10.7 Å². The number of methoxy groups -OCH3 is 1. The molecule has 10 heteroatoms. The smallest absolute Gasteiger partial charge is 0.237 e. The summed E-state index contributed by atoms with van der Waals surface area (Å²) in [6.07, 6.45) is 0.778. The number of benzene rings is 2. The number of ether oxygens (including phenoxy) is 1. The number of hydrogen-bond donors (Lipinski definition) is 3. The van der Waals surface area contributed by atoms with Crippen molar-refractivity contribution in [3.63, 3.8) is 0 Å². The van der Waals surface area contributed by atoms with E-state index < -0.39 is 38.2 Å². The molecule has 2 heterocycles. The van der Waals surface area contributed by atoms with E-state index in [1.165, 1.54) is 0 Å². The lowest BCUT2D eigenvalue weighted by atomic mass is 9.56. The van der Waals surface area contributed by atoms with Gasteiger partial charge in [0.1, 0.15) is 5.41 Å². The van der Waals surface area contributed by atoms with Gasteiger partial charge in [0.2, 0.25) is 11.8 Å². The molecule has 0 bridgehead atoms. The molecule has 5 atom stereocenters. The maximum absolute atomic E-state index is 14.1. The molecule has 7 nitrogen and oxygen atoms in total. The number of carbonyl (C=O) groups is 2. The van der Waals surface area contributed by atoms with Crippen molar-refractivity contribution in [3.05, 3.63) is 63.1 Å². The summed E-state index contributed by atoms with van der Waals surface area (Å²) in [5, 5.41) is 23.5. The van der Waals surface area contributed by atoms with E-state index in [1.807, 2.05) is 36.4 Å². The fourth-order valence-electron chi connectivity index (χ4n) is 6.33. The van der Waals surface area contributed by atoms with Gasteiger partial charge in [-0.05, 0) is 60.6 Å². The van der Waals surface area contributed by atoms with Gasteiger partial charge >= 0.3 is 0 Å². The average molecular weight is 666 g/mol. The Morgan fingerprint density at radius 1 is 1.20 bits per heavy atom. The number of aliphatic hydroxyl groups is 2. The van der Waals surface area contributed by atoms with Gasteiger partial charge in [-0.3, -0.25) is 9.59 Å². The number of piperidine rings is 1. The minimum atomic E-state index is -1.08. The Labute approximate surface area is 257 Å². The highest BCUT2D eigenvalue weighted by molar-refractivity contribution is 9.10. The molecule has 1 saturated heterocycles. The van der Waals surface area contributed by atoms with Crippen LogP contribution in [0.1, 0.15) is 50.2 Å². The summed E-state index contributed by atoms with van der Waals surface area (Å²) in [5.41, 5.74) is 1.59. The topological polar surface area (TPSA) is 99.1 Å². The number of hydrogen-bond acceptors (Lipinski definition) is 5. The summed E-state index contributed by atoms with van der Waals surface area (Å²) in [6, 6.07) is 12.7. The van der Waals surface area contributed by atoms with Gasteiger partial charge < -0.3 is 25.2 Å². The summed E-state index contributed by atoms with van der Waals surface area (Å²) < 4.78 is 6.03. The molecule has 2 aliphatic heterocycles. The van der Waals surface area contributed by atoms with E-state index in [0.717, 1.165) is 34.1 Å². The zero-order valence-electron chi connectivity index (χ0n) is 24.7. The standard InChI is InChI=1S/C25H26BrClN2O4.C6H16OSi/c1-24(7-8-24)22-25(18-6-5-15(26)10-20(18)28-23(25)33)19(14-3-2-4-16(27)9-14)11-21(32)29(22)12-17(31)13-30;1-6(7-2)8(3,4)5/h2-6,9-10,17,19,22,30-31H,7-8,11-13H2,1H3,(H,28,33);6H,1-5H3/t17?,19-,22+,25-;/m0./s1. The van der Waals surface area contributed by atoms with Gasteiger partial charge in [-0.1, -0.05) is 72.3 Å². The second kappa shape index (κ2) is 12.1. The van der Waals surface area contributed by atoms with Crippen LogP contribution in [0.5, 0.6) is 0 Å². The first-order valence-corrected chi connectivity index (χ1v) is 18.9. The maximum atomic E-state index is 14.1. The average Bonchev–Trinajstić information content (AvgIpc) is 3.59. The Kier molecular flexibility index (Phi) is 9.49. The molecule has 5 rings (SSSR count). The van der Waals surface area contributed by atoms with Gasteiger partial charge in [-0.2, -0.15) is 0 Å². The number of rotatable bonds is 7. The molecular formula is C31H42BrClN2O5Si. The Morgan fingerprint density at radius 3 is 2.41 bits per heavy atom. The molecule has 224 valence electrons. The van der Waals surface area contributed by atoms with Crippen molar-refractivity contribution in [2.45, 2.75) is 82.0 Å². The lowest BCUT2D eigenvalue weighted by Gasteiger charge is -2.54. The highest BCUT2D eigenvalue weighted by Gasteiger charge is 2.69. The Bertz CT molecular complexity index is 1300. The molecule has 2 aromatic rings. The molecule has 2 fully saturated rings. The fourth-order valence-corrected chi connectivity index (χ4v) is 7.59. The summed E-state index contributed by atoms with van der Waals surface area (Å²) in [7, 11) is 0.798. The van der Waals surface area contributed by atoms with Crippen molar-refractivity contribution in [2.75, 3.05) is 25.6 Å². The van der Waals surface area contributed by atoms with Gasteiger partial charge in [0.05, 0.1) is 26.8 Å². The van der Waals surface area contributed by atoms with Crippen LogP contribution in [0.25, 0.3) is 0 Å². The molecule has 2 unspecified atom stereocenters. The van der Waals surface area contributed by atoms with Gasteiger partial charge in [-0.15, -0.1) is 0 Å². The van der Waals surface area contributed by atoms with E-state index >= 15 is 0 Å². The highest BCUT2D eigenvalue weighted by Crippen LogP contribution is 2.64. The molecular weight excluding hydrogens is 624 g/mol. The van der Waals surface area contributed by atoms with Crippen LogP contribution < -0.4 is 5.32 Å². The number of likely N-dealkylation sites (tertiary alicyclic amines) is 1. The van der Waals surface area contributed by atoms with Crippen LogP contribution >= 0.6 is 27.5 Å². The van der Waals surface area contributed by atoms with Crippen molar-refractivity contribution in [1.29, 1.82) is 0 Å². The first-order valence-electron chi connectivity index (χ1n) is 14.2. The van der Waals surface area contributed by atoms with E-state index in [9.17, 15) is 19.8 Å². The van der Waals surface area contributed by atoms with Gasteiger partial charge in [0.25, 0.3) is 0 Å². The number of amides is 2. The number of nitrogens with zero attached hydrogens (tertiary/aromatic N) is 1. The number of anilines is 1. The summed E-state index contributed by atoms with van der Waals surface area (Å²) in [6.45, 7) is 10.7. The highest BCUT2D eigenvalue weighted by atomic mass is 79.9. The third-order valence-electron chi connectivity index (χ3n) is 9.18. The predicted octanol–water partition coefficient (Wildman–Crippen LogP) is 5.73. The molecule has 41 heavy (non-hydrogen) atoms. The number of β-amino-alcohol motifs (C(OH)–C–C–N with tert-alkyl or cyclic N) is 1. The van der Waals surface area contributed by atoms with E-state index in [2.05, 4.69) is 54.7 Å². The summed E-state index contributed by atoms with van der Waals surface area (Å²) >= 11 is 9.85. The minimum Gasteiger partial charge on any atom is -0.394 e. The molecule has 2 amide bonds. The van der Waals surface area contributed by atoms with Crippen LogP contribution in [0, 0.1) is 5.41 Å². The lowest BCUT2D eigenvalue weighted by Crippen LogP contribution is -2.67. The number of nitrogens with one attached hydrogen (secondary N) is 1. The number of fused-ring (bicyclic) bond motifs is 2. The monoisotopic (exact) mass is 664 g/mol. The fraction of sp³-hybridized carbons (Fsp3) is 0.548. The second-order valence-corrected chi connectivity index (χ2v) is 19.9. The van der Waals surface area contributed by atoms with E-state index in [-0.39, 0.29) is 30.2 Å². The first-order chi connectivity index (χ1) is 19.2. The van der Waals surface area contributed by atoms with Crippen molar-refractivity contribution in [3.8, 4) is 0 Å². The third kappa shape index (κ3) is 6.17. The Balaban J connectivity index is 0.000000426. The van der Waals surface area contributed by atoms with Crippen LogP contribution in [-0.2, 0) is 19.7 Å². The van der Waals surface area contributed by atoms with Crippen LogP contribution in [0.15, 0.2) is 46.9 Å². The van der Waals surface area contributed by atoms with Crippen molar-refractivity contribution < 1.29 is 24.5 Å². The zero-order chi connectivity index (χ0) is 30.3. The lowest BCUT2D eigenvalue weighted by molar-refractivity contribution is -0.151. The van der Waals surface area contributed by atoms with Crippen molar-refractivity contribution in [1.82, 2.24) is 4.90 Å². The number of aliphatic hydroxyl groups excluding tert-OH is 2. The van der Waals surface area contributed by atoms with Crippen LogP contribution in [0.4, 0.5) is 5.69 Å². The third-order valence-corrected chi connectivity index (χ3v) is 12.6. The van der Waals surface area contributed by atoms with Gasteiger partial charge in [0.15, 0.2) is 0 Å². The largest absolute Gasteiger partial charge is 0.394 e. The molecule has 3 aliphatic rings. The summed E-state index contributed by atoms with van der Waals surface area (Å²) in [4.78, 5) is 29.3. The van der Waals surface area contributed by atoms with Crippen molar-refractivity contribution in [2.24, 2.45) is 5.41 Å². The molecule has 1 spiro atoms. The zero-order valence-corrected chi connectivity index (χ0v) is 28.1. The predicted molar refractivity (Wildman–Crippen MR) is 169 cm³/mol. The Morgan fingerprint density at radius 2 is 1.88 bits per heavy atom. The van der Waals surface area contributed by atoms with E-state index in [4.69, 9.17) is 16.3 Å². The van der Waals surface area contributed by atoms with Crippen LogP contribution in [0.2, 0.25) is 24.7 Å². The first kappa shape index (κ1) is 32.2. The SMILES string of the molecule is CC1([C@H]2N(CC(O)CO)C(=O)C[C@@H](c3cccc(Cl)c3)[C@]23C(=O)Nc2cc(Br)ccc23)CC1.COC(C)[Si](C)(C)C. The van der Waals surface area contributed by atoms with Crippen molar-refractivity contribution >= 4 is 53.1 Å². The normalized spacial score (nSPS) is 26.1. The number of carbonyl (C=O) groups excluding carboxylic acids is 2. The summed E-state index contributed by atoms with van der Waals surface area (Å²) in [5.74, 6) is -0.694. The number of halogens is 2. The molecule has 0 radical (unpaired) electrons. The maximum Gasteiger partial charge on any atom is 0.237 e. The minimum absolute atomic E-state index is 0.0151. The Hall–Kier alpha value is -1.75. The molecule has 1 saturated carbocycles. The molecule has 2 aromatic carbocycles. The van der Waals surface area contributed by atoms with Crippen LogP contribution in [0.3, 0.4) is 0 Å².